The van der Waals surface area contributed by atoms with Gasteiger partial charge in [0.2, 0.25) is 0 Å². The lowest BCUT2D eigenvalue weighted by atomic mass is 10.1. The van der Waals surface area contributed by atoms with Crippen molar-refractivity contribution in [3.8, 4) is 11.4 Å². The van der Waals surface area contributed by atoms with Gasteiger partial charge in [0.05, 0.1) is 0 Å². The molecular weight excluding hydrogens is 410 g/mol. The number of carbonyl (C=O) groups is 1. The fraction of sp³-hybridized carbons (Fsp3) is 0.222. The molecular formula is C27H29N5O. The number of aryl methyl sites for hydroxylation is 2. The van der Waals surface area contributed by atoms with Crippen molar-refractivity contribution in [2.24, 2.45) is 7.05 Å². The molecule has 1 N–H and O–H groups in total. The van der Waals surface area contributed by atoms with Crippen molar-refractivity contribution in [1.29, 1.82) is 0 Å². The van der Waals surface area contributed by atoms with Crippen LogP contribution in [0.1, 0.15) is 27.3 Å². The molecule has 0 aliphatic carbocycles. The van der Waals surface area contributed by atoms with E-state index in [2.05, 4.69) is 44.7 Å². The Morgan fingerprint density at radius 1 is 0.848 bits per heavy atom. The summed E-state index contributed by atoms with van der Waals surface area (Å²) in [5.41, 5.74) is 4.80. The maximum Gasteiger partial charge on any atom is 0.255 e. The number of hydrogen-bond acceptors (Lipinski definition) is 4. The van der Waals surface area contributed by atoms with E-state index in [1.807, 2.05) is 80.3 Å². The molecule has 4 rings (SSSR count). The number of anilines is 1. The van der Waals surface area contributed by atoms with Gasteiger partial charge in [0, 0.05) is 36.8 Å². The normalized spacial score (nSPS) is 11.0. The van der Waals surface area contributed by atoms with E-state index in [4.69, 9.17) is 0 Å². The predicted molar refractivity (Wildman–Crippen MR) is 132 cm³/mol. The second kappa shape index (κ2) is 10.2. The minimum Gasteiger partial charge on any atom is -0.322 e. The zero-order chi connectivity index (χ0) is 23.2. The highest BCUT2D eigenvalue weighted by Crippen LogP contribution is 2.21. The highest BCUT2D eigenvalue weighted by atomic mass is 16.1. The third-order valence-electron chi connectivity index (χ3n) is 5.56. The van der Waals surface area contributed by atoms with Crippen LogP contribution in [0.4, 0.5) is 5.69 Å². The Morgan fingerprint density at radius 2 is 1.55 bits per heavy atom. The van der Waals surface area contributed by atoms with Gasteiger partial charge < -0.3 is 14.8 Å². The molecule has 6 nitrogen and oxygen atoms in total. The quantitative estimate of drug-likeness (QED) is 0.436. The van der Waals surface area contributed by atoms with E-state index in [9.17, 15) is 4.79 Å². The maximum atomic E-state index is 12.6. The minimum atomic E-state index is -0.124. The molecule has 0 aliphatic rings. The van der Waals surface area contributed by atoms with Crippen LogP contribution in [-0.2, 0) is 26.4 Å². The molecule has 0 saturated carbocycles. The SMILES string of the molecule is CN(C)Cc1ccc(C(=O)Nc2ccc(-c3nnc(CCc4ccccc4)n3C)cc2)cc1. The molecule has 0 bridgehead atoms. The van der Waals surface area contributed by atoms with Gasteiger partial charge in [-0.05, 0) is 68.0 Å². The monoisotopic (exact) mass is 439 g/mol. The minimum absolute atomic E-state index is 0.124. The number of carbonyl (C=O) groups excluding carboxylic acids is 1. The van der Waals surface area contributed by atoms with Crippen molar-refractivity contribution in [2.75, 3.05) is 19.4 Å². The number of amides is 1. The summed E-state index contributed by atoms with van der Waals surface area (Å²) in [6.07, 6.45) is 1.75. The van der Waals surface area contributed by atoms with Crippen molar-refractivity contribution in [1.82, 2.24) is 19.7 Å². The molecule has 0 radical (unpaired) electrons. The molecule has 0 fully saturated rings. The molecule has 0 unspecified atom stereocenters. The average molecular weight is 440 g/mol. The maximum absolute atomic E-state index is 12.6. The summed E-state index contributed by atoms with van der Waals surface area (Å²) < 4.78 is 2.03. The first-order chi connectivity index (χ1) is 16.0. The van der Waals surface area contributed by atoms with Crippen LogP contribution in [0.5, 0.6) is 0 Å². The Balaban J connectivity index is 1.39. The molecule has 1 amide bonds. The van der Waals surface area contributed by atoms with Crippen molar-refractivity contribution in [3.05, 3.63) is 101 Å². The topological polar surface area (TPSA) is 63.1 Å². The molecule has 168 valence electrons. The molecule has 1 heterocycles. The third kappa shape index (κ3) is 5.73. The van der Waals surface area contributed by atoms with Gasteiger partial charge in [-0.1, -0.05) is 42.5 Å². The van der Waals surface area contributed by atoms with Crippen LogP contribution < -0.4 is 5.32 Å². The van der Waals surface area contributed by atoms with Crippen molar-refractivity contribution in [2.45, 2.75) is 19.4 Å². The fourth-order valence-corrected chi connectivity index (χ4v) is 3.76. The molecule has 1 aromatic heterocycles. The first-order valence-corrected chi connectivity index (χ1v) is 11.1. The highest BCUT2D eigenvalue weighted by molar-refractivity contribution is 6.04. The molecule has 6 heteroatoms. The van der Waals surface area contributed by atoms with Gasteiger partial charge in [-0.2, -0.15) is 0 Å². The zero-order valence-electron chi connectivity index (χ0n) is 19.3. The lowest BCUT2D eigenvalue weighted by Gasteiger charge is -2.10. The van der Waals surface area contributed by atoms with Crippen LogP contribution in [0, 0.1) is 0 Å². The summed E-state index contributed by atoms with van der Waals surface area (Å²) in [7, 11) is 6.04. The third-order valence-corrected chi connectivity index (χ3v) is 5.56. The number of nitrogens with one attached hydrogen (secondary N) is 1. The van der Waals surface area contributed by atoms with Crippen LogP contribution in [-0.4, -0.2) is 39.7 Å². The van der Waals surface area contributed by atoms with E-state index in [0.717, 1.165) is 42.3 Å². The van der Waals surface area contributed by atoms with E-state index in [1.54, 1.807) is 0 Å². The van der Waals surface area contributed by atoms with Crippen molar-refractivity contribution < 1.29 is 4.79 Å². The van der Waals surface area contributed by atoms with Crippen molar-refractivity contribution in [3.63, 3.8) is 0 Å². The summed E-state index contributed by atoms with van der Waals surface area (Å²) >= 11 is 0. The van der Waals surface area contributed by atoms with Crippen molar-refractivity contribution >= 4 is 11.6 Å². The second-order valence-electron chi connectivity index (χ2n) is 8.45. The fourth-order valence-electron chi connectivity index (χ4n) is 3.76. The van der Waals surface area contributed by atoms with E-state index in [1.165, 1.54) is 11.1 Å². The van der Waals surface area contributed by atoms with E-state index < -0.39 is 0 Å². The lowest BCUT2D eigenvalue weighted by molar-refractivity contribution is 0.102. The van der Waals surface area contributed by atoms with Gasteiger partial charge in [0.1, 0.15) is 5.82 Å². The summed E-state index contributed by atoms with van der Waals surface area (Å²) in [4.78, 5) is 14.7. The summed E-state index contributed by atoms with van der Waals surface area (Å²) in [5, 5.41) is 11.7. The Labute approximate surface area is 194 Å². The number of hydrogen-bond donors (Lipinski definition) is 1. The Morgan fingerprint density at radius 3 is 2.21 bits per heavy atom. The van der Waals surface area contributed by atoms with Crippen LogP contribution in [0.25, 0.3) is 11.4 Å². The van der Waals surface area contributed by atoms with Gasteiger partial charge in [-0.3, -0.25) is 4.79 Å². The number of benzene rings is 3. The van der Waals surface area contributed by atoms with Crippen LogP contribution >= 0.6 is 0 Å². The van der Waals surface area contributed by atoms with Gasteiger partial charge in [0.15, 0.2) is 5.82 Å². The molecule has 4 aromatic rings. The number of nitrogens with zero attached hydrogens (tertiary/aromatic N) is 4. The van der Waals surface area contributed by atoms with Gasteiger partial charge in [-0.25, -0.2) is 0 Å². The summed E-state index contributed by atoms with van der Waals surface area (Å²) in [6.45, 7) is 0.847. The first kappa shape index (κ1) is 22.4. The van der Waals surface area contributed by atoms with Gasteiger partial charge >= 0.3 is 0 Å². The largest absolute Gasteiger partial charge is 0.322 e. The van der Waals surface area contributed by atoms with Gasteiger partial charge in [0.25, 0.3) is 5.91 Å². The zero-order valence-corrected chi connectivity index (χ0v) is 19.3. The van der Waals surface area contributed by atoms with Crippen LogP contribution in [0.3, 0.4) is 0 Å². The van der Waals surface area contributed by atoms with E-state index in [-0.39, 0.29) is 5.91 Å². The standard InChI is InChI=1S/C27H29N5O/c1-31(2)19-21-9-12-23(13-10-21)27(33)28-24-16-14-22(15-17-24)26-30-29-25(32(26)3)18-11-20-7-5-4-6-8-20/h4-10,12-17H,11,18-19H2,1-3H3,(H,28,33). The molecule has 0 saturated heterocycles. The Bertz CT molecular complexity index is 1200. The molecule has 0 atom stereocenters. The van der Waals surface area contributed by atoms with Gasteiger partial charge in [-0.15, -0.1) is 10.2 Å². The molecule has 0 spiro atoms. The molecule has 33 heavy (non-hydrogen) atoms. The first-order valence-electron chi connectivity index (χ1n) is 11.1. The molecule has 3 aromatic carbocycles. The average Bonchev–Trinajstić information content (AvgIpc) is 3.19. The van der Waals surface area contributed by atoms with Crippen LogP contribution in [0.2, 0.25) is 0 Å². The summed E-state index contributed by atoms with van der Waals surface area (Å²) in [5.74, 6) is 1.64. The highest BCUT2D eigenvalue weighted by Gasteiger charge is 2.12. The van der Waals surface area contributed by atoms with E-state index >= 15 is 0 Å². The lowest BCUT2D eigenvalue weighted by Crippen LogP contribution is -2.13. The molecule has 0 aliphatic heterocycles. The van der Waals surface area contributed by atoms with E-state index in [0.29, 0.717) is 5.56 Å². The van der Waals surface area contributed by atoms with Crippen LogP contribution in [0.15, 0.2) is 78.9 Å². The number of rotatable bonds is 8. The Hall–Kier alpha value is -3.77. The summed E-state index contributed by atoms with van der Waals surface area (Å²) in [6, 6.07) is 25.8. The Kier molecular flexibility index (Phi) is 6.95. The second-order valence-corrected chi connectivity index (χ2v) is 8.45. The number of aromatic nitrogens is 3. The smallest absolute Gasteiger partial charge is 0.255 e. The predicted octanol–water partition coefficient (Wildman–Crippen LogP) is 4.58.